The van der Waals surface area contributed by atoms with Crippen LogP contribution in [0.1, 0.15) is 25.7 Å². The van der Waals surface area contributed by atoms with Crippen LogP contribution in [0, 0.1) is 0 Å². The molecule has 2 aromatic rings. The lowest BCUT2D eigenvalue weighted by Gasteiger charge is -2.22. The lowest BCUT2D eigenvalue weighted by molar-refractivity contribution is -0.135. The van der Waals surface area contributed by atoms with Gasteiger partial charge in [0.05, 0.1) is 6.42 Å². The number of hydrogen-bond donors (Lipinski definition) is 1. The molecule has 0 aliphatic carbocycles. The summed E-state index contributed by atoms with van der Waals surface area (Å²) >= 11 is 0. The fourth-order valence-electron chi connectivity index (χ4n) is 2.70. The number of rotatable bonds is 3. The summed E-state index contributed by atoms with van der Waals surface area (Å²) in [5.74, 6) is 0.476. The molecule has 0 radical (unpaired) electrons. The molecular formula is C17H19NO2. The number of nitrogens with one attached hydrogen (secondary N) is 1. The molecule has 3 nitrogen and oxygen atoms in total. The smallest absolute Gasteiger partial charge is 0.312 e. The Kier molecular flexibility index (Phi) is 3.97. The maximum atomic E-state index is 12.0. The summed E-state index contributed by atoms with van der Waals surface area (Å²) < 4.78 is 5.45. The van der Waals surface area contributed by atoms with E-state index in [1.807, 2.05) is 42.5 Å². The number of carbonyl (C=O) groups excluding carboxylic acids is 1. The first-order valence-electron chi connectivity index (χ1n) is 7.24. The van der Waals surface area contributed by atoms with E-state index in [1.54, 1.807) is 0 Å². The van der Waals surface area contributed by atoms with Crippen molar-refractivity contribution >= 4 is 16.7 Å². The summed E-state index contributed by atoms with van der Waals surface area (Å²) in [6.45, 7) is 1.01. The van der Waals surface area contributed by atoms with Gasteiger partial charge in [-0.15, -0.1) is 0 Å². The van der Waals surface area contributed by atoms with Gasteiger partial charge in [-0.2, -0.15) is 0 Å². The third kappa shape index (κ3) is 3.17. The van der Waals surface area contributed by atoms with Crippen molar-refractivity contribution in [1.82, 2.24) is 5.32 Å². The molecule has 0 amide bonds. The van der Waals surface area contributed by atoms with Gasteiger partial charge in [-0.3, -0.25) is 4.79 Å². The highest BCUT2D eigenvalue weighted by atomic mass is 16.5. The molecule has 2 aromatic carbocycles. The Morgan fingerprint density at radius 3 is 2.80 bits per heavy atom. The van der Waals surface area contributed by atoms with Gasteiger partial charge < -0.3 is 10.1 Å². The fraction of sp³-hybridized carbons (Fsp3) is 0.353. The predicted octanol–water partition coefficient (Wildman–Crippen LogP) is 3.28. The second-order valence-electron chi connectivity index (χ2n) is 5.33. The number of hydrogen-bond acceptors (Lipinski definition) is 3. The lowest BCUT2D eigenvalue weighted by Crippen LogP contribution is -2.36. The van der Waals surface area contributed by atoms with Crippen LogP contribution in [-0.2, 0) is 4.79 Å². The molecule has 1 aliphatic rings. The molecule has 1 atom stereocenters. The van der Waals surface area contributed by atoms with Crippen molar-refractivity contribution < 1.29 is 9.53 Å². The summed E-state index contributed by atoms with van der Waals surface area (Å²) in [5.41, 5.74) is 0. The summed E-state index contributed by atoms with van der Waals surface area (Å²) in [5, 5.41) is 5.61. The number of esters is 1. The zero-order valence-corrected chi connectivity index (χ0v) is 11.5. The van der Waals surface area contributed by atoms with E-state index in [4.69, 9.17) is 4.74 Å². The van der Waals surface area contributed by atoms with Gasteiger partial charge in [-0.1, -0.05) is 36.8 Å². The van der Waals surface area contributed by atoms with Crippen LogP contribution in [0.15, 0.2) is 42.5 Å². The molecule has 0 spiro atoms. The minimum absolute atomic E-state index is 0.153. The Hall–Kier alpha value is -1.87. The maximum Gasteiger partial charge on any atom is 0.312 e. The first-order chi connectivity index (χ1) is 9.81. The van der Waals surface area contributed by atoms with E-state index < -0.39 is 0 Å². The number of ether oxygens (including phenoxy) is 1. The molecule has 1 saturated heterocycles. The average Bonchev–Trinajstić information content (AvgIpc) is 2.48. The molecule has 20 heavy (non-hydrogen) atoms. The number of benzene rings is 2. The van der Waals surface area contributed by atoms with Crippen LogP contribution in [0.4, 0.5) is 0 Å². The quantitative estimate of drug-likeness (QED) is 0.686. The Bertz CT molecular complexity index is 603. The van der Waals surface area contributed by atoms with Crippen molar-refractivity contribution in [2.75, 3.05) is 6.54 Å². The van der Waals surface area contributed by atoms with Crippen molar-refractivity contribution in [2.45, 2.75) is 31.7 Å². The Morgan fingerprint density at radius 1 is 1.15 bits per heavy atom. The third-order valence-corrected chi connectivity index (χ3v) is 3.78. The number of piperidine rings is 1. The molecule has 1 heterocycles. The van der Waals surface area contributed by atoms with Crippen molar-refractivity contribution in [3.8, 4) is 5.75 Å². The fourth-order valence-corrected chi connectivity index (χ4v) is 2.70. The molecule has 1 aliphatic heterocycles. The second kappa shape index (κ2) is 6.06. The first-order valence-corrected chi connectivity index (χ1v) is 7.24. The number of carbonyl (C=O) groups is 1. The standard InChI is InChI=1S/C17H19NO2/c19-17(12-15-7-3-4-10-18-15)20-16-9-8-13-5-1-2-6-14(13)11-16/h1-2,5-6,8-9,11,15,18H,3-4,7,10,12H2. The number of fused-ring (bicyclic) bond motifs is 1. The molecule has 3 heteroatoms. The van der Waals surface area contributed by atoms with E-state index in [0.29, 0.717) is 12.2 Å². The first kappa shape index (κ1) is 13.1. The third-order valence-electron chi connectivity index (χ3n) is 3.78. The SMILES string of the molecule is O=C(CC1CCCCN1)Oc1ccc2ccccc2c1. The molecular weight excluding hydrogens is 250 g/mol. The van der Waals surface area contributed by atoms with E-state index in [0.717, 1.165) is 23.7 Å². The van der Waals surface area contributed by atoms with E-state index in [1.165, 1.54) is 12.8 Å². The molecule has 0 bridgehead atoms. The van der Waals surface area contributed by atoms with E-state index in [9.17, 15) is 4.79 Å². The highest BCUT2D eigenvalue weighted by Crippen LogP contribution is 2.21. The van der Waals surface area contributed by atoms with Gasteiger partial charge in [0.15, 0.2) is 0 Å². The van der Waals surface area contributed by atoms with Crippen LogP contribution in [0.3, 0.4) is 0 Å². The van der Waals surface area contributed by atoms with Gasteiger partial charge in [0.2, 0.25) is 0 Å². The average molecular weight is 269 g/mol. The van der Waals surface area contributed by atoms with Gasteiger partial charge in [-0.25, -0.2) is 0 Å². The Labute approximate surface area is 118 Å². The van der Waals surface area contributed by atoms with Gasteiger partial charge in [0.1, 0.15) is 5.75 Å². The summed E-state index contributed by atoms with van der Waals surface area (Å²) in [4.78, 5) is 12.0. The van der Waals surface area contributed by atoms with Gasteiger partial charge in [0, 0.05) is 6.04 Å². The molecule has 1 unspecified atom stereocenters. The van der Waals surface area contributed by atoms with E-state index >= 15 is 0 Å². The van der Waals surface area contributed by atoms with Crippen molar-refractivity contribution in [3.05, 3.63) is 42.5 Å². The van der Waals surface area contributed by atoms with Crippen molar-refractivity contribution in [2.24, 2.45) is 0 Å². The molecule has 104 valence electrons. The van der Waals surface area contributed by atoms with Crippen LogP contribution >= 0.6 is 0 Å². The molecule has 1 fully saturated rings. The molecule has 3 rings (SSSR count). The highest BCUT2D eigenvalue weighted by molar-refractivity contribution is 5.84. The van der Waals surface area contributed by atoms with Crippen molar-refractivity contribution in [1.29, 1.82) is 0 Å². The Morgan fingerprint density at radius 2 is 2.00 bits per heavy atom. The van der Waals surface area contributed by atoms with Crippen LogP contribution in [0.5, 0.6) is 5.75 Å². The summed E-state index contributed by atoms with van der Waals surface area (Å²) in [7, 11) is 0. The molecule has 1 N–H and O–H groups in total. The zero-order valence-electron chi connectivity index (χ0n) is 11.5. The van der Waals surface area contributed by atoms with Gasteiger partial charge in [-0.05, 0) is 42.3 Å². The predicted molar refractivity (Wildman–Crippen MR) is 79.8 cm³/mol. The normalized spacial score (nSPS) is 18.9. The maximum absolute atomic E-state index is 12.0. The van der Waals surface area contributed by atoms with Crippen LogP contribution < -0.4 is 10.1 Å². The monoisotopic (exact) mass is 269 g/mol. The zero-order chi connectivity index (χ0) is 13.8. The van der Waals surface area contributed by atoms with E-state index in [2.05, 4.69) is 5.32 Å². The topological polar surface area (TPSA) is 38.3 Å². The Balaban J connectivity index is 1.64. The lowest BCUT2D eigenvalue weighted by atomic mass is 10.0. The van der Waals surface area contributed by atoms with E-state index in [-0.39, 0.29) is 12.0 Å². The van der Waals surface area contributed by atoms with Gasteiger partial charge in [0.25, 0.3) is 0 Å². The van der Waals surface area contributed by atoms with Crippen LogP contribution in [0.25, 0.3) is 10.8 Å². The second-order valence-corrected chi connectivity index (χ2v) is 5.33. The summed E-state index contributed by atoms with van der Waals surface area (Å²) in [6, 6.07) is 14.1. The molecule has 0 aromatic heterocycles. The van der Waals surface area contributed by atoms with Crippen LogP contribution in [0.2, 0.25) is 0 Å². The minimum Gasteiger partial charge on any atom is -0.426 e. The molecule has 0 saturated carbocycles. The highest BCUT2D eigenvalue weighted by Gasteiger charge is 2.17. The van der Waals surface area contributed by atoms with Crippen LogP contribution in [-0.4, -0.2) is 18.6 Å². The van der Waals surface area contributed by atoms with Gasteiger partial charge >= 0.3 is 5.97 Å². The summed E-state index contributed by atoms with van der Waals surface area (Å²) in [6.07, 6.45) is 3.91. The minimum atomic E-state index is -0.153. The largest absolute Gasteiger partial charge is 0.426 e. The van der Waals surface area contributed by atoms with Crippen molar-refractivity contribution in [3.63, 3.8) is 0 Å².